The molecule has 0 saturated heterocycles. The summed E-state index contributed by atoms with van der Waals surface area (Å²) in [7, 11) is 1.23. The molecule has 0 aliphatic rings. The van der Waals surface area contributed by atoms with Gasteiger partial charge in [0.2, 0.25) is 0 Å². The van der Waals surface area contributed by atoms with Crippen LogP contribution in [0.1, 0.15) is 16.9 Å². The average Bonchev–Trinajstić information content (AvgIpc) is 2.19. The van der Waals surface area contributed by atoms with Crippen LogP contribution in [0.3, 0.4) is 0 Å². The first-order valence-corrected chi connectivity index (χ1v) is 3.60. The molecule has 1 aromatic heterocycles. The summed E-state index contributed by atoms with van der Waals surface area (Å²) in [6.07, 6.45) is 3.86. The summed E-state index contributed by atoms with van der Waals surface area (Å²) in [5.74, 6) is -0.962. The molecule has 0 spiro atoms. The minimum Gasteiger partial charge on any atom is -0.469 e. The zero-order valence-corrected chi connectivity index (χ0v) is 7.06. The molecule has 0 N–H and O–H groups in total. The van der Waals surface area contributed by atoms with Crippen LogP contribution in [0, 0.1) is 0 Å². The van der Waals surface area contributed by atoms with Crippen LogP contribution in [0.4, 0.5) is 0 Å². The van der Waals surface area contributed by atoms with E-state index in [1.54, 1.807) is 0 Å². The van der Waals surface area contributed by atoms with Gasteiger partial charge < -0.3 is 4.74 Å². The smallest absolute Gasteiger partial charge is 0.313 e. The van der Waals surface area contributed by atoms with Gasteiger partial charge in [0.25, 0.3) is 0 Å². The maximum atomic E-state index is 11.2. The zero-order chi connectivity index (χ0) is 9.68. The van der Waals surface area contributed by atoms with Crippen molar-refractivity contribution >= 4 is 11.8 Å². The Hall–Kier alpha value is -1.78. The maximum absolute atomic E-state index is 11.2. The van der Waals surface area contributed by atoms with Gasteiger partial charge in [-0.15, -0.1) is 0 Å². The molecule has 0 aromatic carbocycles. The summed E-state index contributed by atoms with van der Waals surface area (Å²) in [4.78, 5) is 29.4. The van der Waals surface area contributed by atoms with Crippen LogP contribution in [-0.2, 0) is 9.53 Å². The average molecular weight is 180 g/mol. The molecular formula is C8H8N2O3. The molecular weight excluding hydrogens is 172 g/mol. The first kappa shape index (κ1) is 9.31. The van der Waals surface area contributed by atoms with E-state index in [1.165, 1.54) is 25.7 Å². The summed E-state index contributed by atoms with van der Waals surface area (Å²) < 4.78 is 4.33. The Balaban J connectivity index is 2.65. The van der Waals surface area contributed by atoms with E-state index in [1.807, 2.05) is 0 Å². The highest BCUT2D eigenvalue weighted by Crippen LogP contribution is 1.97. The van der Waals surface area contributed by atoms with Crippen LogP contribution in [0.5, 0.6) is 0 Å². The highest BCUT2D eigenvalue weighted by Gasteiger charge is 2.12. The minimum atomic E-state index is -0.573. The highest BCUT2D eigenvalue weighted by molar-refractivity contribution is 6.04. The summed E-state index contributed by atoms with van der Waals surface area (Å²) in [5.41, 5.74) is 0.174. The number of ether oxygens (including phenoxy) is 1. The van der Waals surface area contributed by atoms with E-state index in [9.17, 15) is 9.59 Å². The molecule has 1 heterocycles. The quantitative estimate of drug-likeness (QED) is 0.378. The summed E-state index contributed by atoms with van der Waals surface area (Å²) >= 11 is 0. The lowest BCUT2D eigenvalue weighted by Crippen LogP contribution is -2.10. The Kier molecular flexibility index (Phi) is 3.08. The zero-order valence-electron chi connectivity index (χ0n) is 7.06. The van der Waals surface area contributed by atoms with Crippen molar-refractivity contribution in [3.63, 3.8) is 0 Å². The molecule has 5 nitrogen and oxygen atoms in total. The number of esters is 1. The van der Waals surface area contributed by atoms with Gasteiger partial charge in [-0.2, -0.15) is 0 Å². The second kappa shape index (κ2) is 4.30. The van der Waals surface area contributed by atoms with E-state index >= 15 is 0 Å². The monoisotopic (exact) mass is 180 g/mol. The summed E-state index contributed by atoms with van der Waals surface area (Å²) in [6, 6.07) is 0. The molecule has 1 rings (SSSR count). The number of rotatable bonds is 3. The molecule has 0 atom stereocenters. The van der Waals surface area contributed by atoms with Gasteiger partial charge in [0.1, 0.15) is 12.1 Å². The highest BCUT2D eigenvalue weighted by atomic mass is 16.5. The number of hydrogen-bond donors (Lipinski definition) is 0. The second-order valence-electron chi connectivity index (χ2n) is 2.27. The second-order valence-corrected chi connectivity index (χ2v) is 2.27. The predicted octanol–water partition coefficient (Wildman–Crippen LogP) is 0.222. The number of hydrogen-bond acceptors (Lipinski definition) is 5. The molecule has 0 saturated carbocycles. The van der Waals surface area contributed by atoms with Gasteiger partial charge in [-0.1, -0.05) is 0 Å². The summed E-state index contributed by atoms with van der Waals surface area (Å²) in [5, 5.41) is 0. The Morgan fingerprint density at radius 1 is 1.46 bits per heavy atom. The molecule has 0 aliphatic carbocycles. The molecule has 0 bridgehead atoms. The maximum Gasteiger partial charge on any atom is 0.313 e. The normalized spacial score (nSPS) is 9.31. The molecule has 0 fully saturated rings. The van der Waals surface area contributed by atoms with Crippen molar-refractivity contribution in [3.05, 3.63) is 24.3 Å². The van der Waals surface area contributed by atoms with E-state index in [0.29, 0.717) is 0 Å². The molecule has 0 amide bonds. The van der Waals surface area contributed by atoms with Crippen molar-refractivity contribution < 1.29 is 14.3 Å². The predicted molar refractivity (Wildman–Crippen MR) is 43.0 cm³/mol. The molecule has 5 heteroatoms. The molecule has 68 valence electrons. The third-order valence-electron chi connectivity index (χ3n) is 1.38. The third-order valence-corrected chi connectivity index (χ3v) is 1.38. The van der Waals surface area contributed by atoms with Gasteiger partial charge in [0.15, 0.2) is 5.78 Å². The number of methoxy groups -OCH3 is 1. The van der Waals surface area contributed by atoms with Crippen molar-refractivity contribution in [2.24, 2.45) is 0 Å². The van der Waals surface area contributed by atoms with Gasteiger partial charge in [-0.05, 0) is 0 Å². The largest absolute Gasteiger partial charge is 0.469 e. The Bertz CT molecular complexity index is 310. The molecule has 13 heavy (non-hydrogen) atoms. The Morgan fingerprint density at radius 2 is 2.23 bits per heavy atom. The fourth-order valence-corrected chi connectivity index (χ4v) is 0.737. The first-order valence-electron chi connectivity index (χ1n) is 3.60. The van der Waals surface area contributed by atoms with Gasteiger partial charge in [0.05, 0.1) is 13.3 Å². The Labute approximate surface area is 74.8 Å². The van der Waals surface area contributed by atoms with Crippen LogP contribution < -0.4 is 0 Å². The van der Waals surface area contributed by atoms with Crippen molar-refractivity contribution in [1.29, 1.82) is 0 Å². The number of aromatic nitrogens is 2. The topological polar surface area (TPSA) is 69.2 Å². The SMILES string of the molecule is COC(=O)CC(=O)c1cnccn1. The van der Waals surface area contributed by atoms with Crippen LogP contribution in [0.25, 0.3) is 0 Å². The van der Waals surface area contributed by atoms with E-state index in [4.69, 9.17) is 0 Å². The van der Waals surface area contributed by atoms with E-state index in [0.717, 1.165) is 0 Å². The third kappa shape index (κ3) is 2.62. The standard InChI is InChI=1S/C8H8N2O3/c1-13-8(12)4-7(11)6-5-9-2-3-10-6/h2-3,5H,4H2,1H3. The van der Waals surface area contributed by atoms with E-state index in [-0.39, 0.29) is 17.9 Å². The number of Topliss-reactive ketones (excluding diaryl/α,β-unsaturated/α-hetero) is 1. The van der Waals surface area contributed by atoms with Crippen LogP contribution >= 0.6 is 0 Å². The molecule has 0 unspecified atom stereocenters. The van der Waals surface area contributed by atoms with Crippen LogP contribution in [-0.4, -0.2) is 28.8 Å². The van der Waals surface area contributed by atoms with E-state index < -0.39 is 5.97 Å². The summed E-state index contributed by atoms with van der Waals surface area (Å²) in [6.45, 7) is 0. The molecule has 1 aromatic rings. The van der Waals surface area contributed by atoms with Crippen molar-refractivity contribution in [1.82, 2.24) is 9.97 Å². The van der Waals surface area contributed by atoms with Crippen LogP contribution in [0.2, 0.25) is 0 Å². The van der Waals surface area contributed by atoms with Gasteiger partial charge >= 0.3 is 5.97 Å². The minimum absolute atomic E-state index is 0.174. The molecule has 0 radical (unpaired) electrons. The molecule has 0 aliphatic heterocycles. The number of carbonyl (C=O) groups excluding carboxylic acids is 2. The van der Waals surface area contributed by atoms with Crippen LogP contribution in [0.15, 0.2) is 18.6 Å². The lowest BCUT2D eigenvalue weighted by molar-refractivity contribution is -0.139. The number of carbonyl (C=O) groups is 2. The fourth-order valence-electron chi connectivity index (χ4n) is 0.737. The van der Waals surface area contributed by atoms with Crippen molar-refractivity contribution in [3.8, 4) is 0 Å². The van der Waals surface area contributed by atoms with Gasteiger partial charge in [-0.3, -0.25) is 14.6 Å². The fraction of sp³-hybridized carbons (Fsp3) is 0.250. The lowest BCUT2D eigenvalue weighted by Gasteiger charge is -1.97. The number of ketones is 1. The van der Waals surface area contributed by atoms with Crippen molar-refractivity contribution in [2.45, 2.75) is 6.42 Å². The lowest BCUT2D eigenvalue weighted by atomic mass is 10.2. The Morgan fingerprint density at radius 3 is 2.77 bits per heavy atom. The van der Waals surface area contributed by atoms with Crippen molar-refractivity contribution in [2.75, 3.05) is 7.11 Å². The van der Waals surface area contributed by atoms with E-state index in [2.05, 4.69) is 14.7 Å². The number of nitrogens with zero attached hydrogens (tertiary/aromatic N) is 2. The van der Waals surface area contributed by atoms with Gasteiger partial charge in [0, 0.05) is 12.4 Å². The first-order chi connectivity index (χ1) is 6.24. The van der Waals surface area contributed by atoms with Gasteiger partial charge in [-0.25, -0.2) is 4.98 Å².